The molecule has 1 saturated heterocycles. The minimum absolute atomic E-state index is 0.00436. The summed E-state index contributed by atoms with van der Waals surface area (Å²) in [6.45, 7) is 2.98. The Labute approximate surface area is 165 Å². The molecule has 1 aromatic rings. The highest BCUT2D eigenvalue weighted by Gasteiger charge is 2.21. The second-order valence-electron chi connectivity index (χ2n) is 4.76. The summed E-state index contributed by atoms with van der Waals surface area (Å²) >= 11 is 6.78. The fourth-order valence-electron chi connectivity index (χ4n) is 2.11. The van der Waals surface area contributed by atoms with Crippen molar-refractivity contribution in [2.45, 2.75) is 6.10 Å². The zero-order chi connectivity index (χ0) is 15.4. The van der Waals surface area contributed by atoms with E-state index in [1.165, 1.54) is 3.57 Å². The molecule has 1 amide bonds. The van der Waals surface area contributed by atoms with Crippen molar-refractivity contribution in [1.82, 2.24) is 4.90 Å². The second-order valence-corrected chi connectivity index (χ2v) is 8.33. The van der Waals surface area contributed by atoms with E-state index in [9.17, 15) is 4.79 Å². The number of nitrogens with zero attached hydrogens (tertiary/aromatic N) is 1. The fourth-order valence-corrected chi connectivity index (χ4v) is 5.96. The van der Waals surface area contributed by atoms with Crippen LogP contribution in [0.1, 0.15) is 0 Å². The van der Waals surface area contributed by atoms with E-state index in [-0.39, 0.29) is 12.0 Å². The summed E-state index contributed by atoms with van der Waals surface area (Å²) in [6.07, 6.45) is 0.0325. The largest absolute Gasteiger partial charge is 0.374 e. The topological polar surface area (TPSA) is 67.6 Å². The van der Waals surface area contributed by atoms with Crippen LogP contribution in [0.5, 0.6) is 0 Å². The van der Waals surface area contributed by atoms with E-state index in [4.69, 9.17) is 10.5 Å². The van der Waals surface area contributed by atoms with Gasteiger partial charge in [-0.2, -0.15) is 0 Å². The third-order valence-electron chi connectivity index (χ3n) is 3.12. The quantitative estimate of drug-likeness (QED) is 0.503. The number of nitrogens with two attached hydrogens (primary N) is 1. The van der Waals surface area contributed by atoms with Crippen molar-refractivity contribution in [1.29, 1.82) is 0 Å². The van der Waals surface area contributed by atoms with Crippen molar-refractivity contribution in [2.24, 2.45) is 5.73 Å². The summed E-state index contributed by atoms with van der Waals surface area (Å²) in [5.41, 5.74) is 6.51. The number of amides is 1. The molecular weight excluding hydrogens is 611 g/mol. The molecule has 1 aliphatic heterocycles. The molecule has 0 spiro atoms. The zero-order valence-electron chi connectivity index (χ0n) is 11.2. The van der Waals surface area contributed by atoms with Crippen LogP contribution >= 0.6 is 67.8 Å². The number of hydrogen-bond donors (Lipinski definition) is 2. The molecule has 0 aliphatic carbocycles. The molecule has 0 aromatic heterocycles. The first-order valence-electron chi connectivity index (χ1n) is 6.48. The molecule has 21 heavy (non-hydrogen) atoms. The molecule has 1 fully saturated rings. The summed E-state index contributed by atoms with van der Waals surface area (Å²) in [5.74, 6) is 0.00436. The molecule has 3 N–H and O–H groups in total. The lowest BCUT2D eigenvalue weighted by Crippen LogP contribution is -2.48. The zero-order valence-corrected chi connectivity index (χ0v) is 17.7. The Morgan fingerprint density at radius 1 is 1.38 bits per heavy atom. The number of nitrogens with one attached hydrogen (secondary N) is 1. The van der Waals surface area contributed by atoms with Crippen LogP contribution < -0.4 is 11.1 Å². The van der Waals surface area contributed by atoms with Crippen LogP contribution in [0, 0.1) is 10.7 Å². The Kier molecular flexibility index (Phi) is 7.39. The van der Waals surface area contributed by atoms with E-state index < -0.39 is 0 Å². The van der Waals surface area contributed by atoms with Gasteiger partial charge in [0.1, 0.15) is 0 Å². The van der Waals surface area contributed by atoms with Gasteiger partial charge >= 0.3 is 0 Å². The van der Waals surface area contributed by atoms with Gasteiger partial charge in [-0.3, -0.25) is 9.69 Å². The summed E-state index contributed by atoms with van der Waals surface area (Å²) in [7, 11) is 0. The Morgan fingerprint density at radius 3 is 2.67 bits per heavy atom. The van der Waals surface area contributed by atoms with Crippen molar-refractivity contribution >= 4 is 79.4 Å². The monoisotopic (exact) mass is 627 g/mol. The van der Waals surface area contributed by atoms with Gasteiger partial charge in [0.2, 0.25) is 5.91 Å². The first-order chi connectivity index (χ1) is 9.99. The molecule has 0 saturated carbocycles. The van der Waals surface area contributed by atoms with Gasteiger partial charge in [0.05, 0.1) is 24.9 Å². The molecule has 5 nitrogen and oxygen atoms in total. The maximum absolute atomic E-state index is 12.2. The number of carbonyl (C=O) groups is 1. The van der Waals surface area contributed by atoms with Crippen LogP contribution in [0.15, 0.2) is 12.1 Å². The first kappa shape index (κ1) is 18.1. The molecular formula is C13H16I3N3O2. The van der Waals surface area contributed by atoms with Gasteiger partial charge in [-0.05, 0) is 79.9 Å². The van der Waals surface area contributed by atoms with Crippen molar-refractivity contribution < 1.29 is 9.53 Å². The van der Waals surface area contributed by atoms with Gasteiger partial charge in [-0.15, -0.1) is 0 Å². The number of morpholine rings is 1. The summed E-state index contributed by atoms with van der Waals surface area (Å²) < 4.78 is 8.78. The van der Waals surface area contributed by atoms with Gasteiger partial charge < -0.3 is 15.8 Å². The minimum Gasteiger partial charge on any atom is -0.374 e. The third kappa shape index (κ3) is 5.41. The van der Waals surface area contributed by atoms with Crippen LogP contribution in [0.25, 0.3) is 0 Å². The van der Waals surface area contributed by atoms with Crippen molar-refractivity contribution in [3.8, 4) is 0 Å². The fraction of sp³-hybridized carbons (Fsp3) is 0.462. The van der Waals surface area contributed by atoms with Gasteiger partial charge in [-0.25, -0.2) is 0 Å². The van der Waals surface area contributed by atoms with E-state index in [1.807, 2.05) is 0 Å². The average molecular weight is 627 g/mol. The number of hydrogen-bond acceptors (Lipinski definition) is 4. The maximum Gasteiger partial charge on any atom is 0.238 e. The SMILES string of the molecule is NCC1CN(CC(=O)Nc2c(I)cc(I)cc2I)CCO1. The second kappa shape index (κ2) is 8.57. The molecule has 2 rings (SSSR count). The van der Waals surface area contributed by atoms with Crippen LogP contribution in [0.2, 0.25) is 0 Å². The van der Waals surface area contributed by atoms with Crippen LogP contribution in [0.3, 0.4) is 0 Å². The van der Waals surface area contributed by atoms with Gasteiger partial charge in [-0.1, -0.05) is 0 Å². The molecule has 1 heterocycles. The number of rotatable bonds is 4. The lowest BCUT2D eigenvalue weighted by Gasteiger charge is -2.31. The van der Waals surface area contributed by atoms with E-state index in [0.29, 0.717) is 26.2 Å². The molecule has 0 bridgehead atoms. The Morgan fingerprint density at radius 2 is 2.05 bits per heavy atom. The van der Waals surface area contributed by atoms with Crippen LogP contribution in [-0.4, -0.2) is 49.7 Å². The highest BCUT2D eigenvalue weighted by Crippen LogP contribution is 2.27. The predicted molar refractivity (Wildman–Crippen MR) is 108 cm³/mol. The standard InChI is InChI=1S/C13H16I3N3O2/c14-8-3-10(15)13(11(16)4-8)18-12(20)7-19-1-2-21-9(5-17)6-19/h3-4,9H,1-2,5-7,17H2,(H,18,20). The van der Waals surface area contributed by atoms with Crippen molar-refractivity contribution in [2.75, 3.05) is 38.1 Å². The number of halogens is 3. The summed E-state index contributed by atoms with van der Waals surface area (Å²) in [4.78, 5) is 14.3. The average Bonchev–Trinajstić information content (AvgIpc) is 2.43. The van der Waals surface area contributed by atoms with E-state index in [2.05, 4.69) is 90.1 Å². The van der Waals surface area contributed by atoms with E-state index in [1.54, 1.807) is 0 Å². The van der Waals surface area contributed by atoms with Crippen LogP contribution in [-0.2, 0) is 9.53 Å². The maximum atomic E-state index is 12.2. The Balaban J connectivity index is 1.96. The lowest BCUT2D eigenvalue weighted by molar-refractivity contribution is -0.119. The van der Waals surface area contributed by atoms with Gasteiger partial charge in [0.25, 0.3) is 0 Å². The molecule has 8 heteroatoms. The van der Waals surface area contributed by atoms with Crippen molar-refractivity contribution in [3.63, 3.8) is 0 Å². The van der Waals surface area contributed by atoms with E-state index in [0.717, 1.165) is 19.4 Å². The molecule has 0 radical (unpaired) electrons. The van der Waals surface area contributed by atoms with Crippen LogP contribution in [0.4, 0.5) is 5.69 Å². The number of benzene rings is 1. The number of ether oxygens (including phenoxy) is 1. The van der Waals surface area contributed by atoms with Gasteiger partial charge in [0, 0.05) is 30.3 Å². The Hall–Kier alpha value is 0.760. The minimum atomic E-state index is 0.00436. The molecule has 116 valence electrons. The first-order valence-corrected chi connectivity index (χ1v) is 9.71. The van der Waals surface area contributed by atoms with Crippen molar-refractivity contribution in [3.05, 3.63) is 22.8 Å². The molecule has 1 unspecified atom stereocenters. The number of anilines is 1. The molecule has 1 aliphatic rings. The van der Waals surface area contributed by atoms with Gasteiger partial charge in [0.15, 0.2) is 0 Å². The smallest absolute Gasteiger partial charge is 0.238 e. The summed E-state index contributed by atoms with van der Waals surface area (Å²) in [6, 6.07) is 4.11. The predicted octanol–water partition coefficient (Wildman–Crippen LogP) is 2.10. The highest BCUT2D eigenvalue weighted by atomic mass is 127. The molecule has 1 atom stereocenters. The third-order valence-corrected chi connectivity index (χ3v) is 5.45. The Bertz CT molecular complexity index is 504. The number of carbonyl (C=O) groups excluding carboxylic acids is 1. The summed E-state index contributed by atoms with van der Waals surface area (Å²) in [5, 5.41) is 3.01. The highest BCUT2D eigenvalue weighted by molar-refractivity contribution is 14.1. The lowest BCUT2D eigenvalue weighted by atomic mass is 10.2. The van der Waals surface area contributed by atoms with E-state index >= 15 is 0 Å². The normalized spacial score (nSPS) is 19.5. The molecule has 1 aromatic carbocycles.